The molecule has 0 aliphatic carbocycles. The molecule has 0 bridgehead atoms. The maximum absolute atomic E-state index is 12.2. The average molecular weight is 371 g/mol. The lowest BCUT2D eigenvalue weighted by Gasteiger charge is -2.10. The first-order valence-corrected chi connectivity index (χ1v) is 9.17. The zero-order chi connectivity index (χ0) is 20.0. The molecular formula is C20H29N5O2. The summed E-state index contributed by atoms with van der Waals surface area (Å²) in [4.78, 5) is 24.1. The van der Waals surface area contributed by atoms with Crippen molar-refractivity contribution in [3.8, 4) is 0 Å². The van der Waals surface area contributed by atoms with Gasteiger partial charge in [-0.2, -0.15) is 5.10 Å². The van der Waals surface area contributed by atoms with Gasteiger partial charge in [0.25, 0.3) is 5.91 Å². The Morgan fingerprint density at radius 3 is 2.30 bits per heavy atom. The van der Waals surface area contributed by atoms with Crippen LogP contribution in [0.15, 0.2) is 24.3 Å². The van der Waals surface area contributed by atoms with Crippen molar-refractivity contribution < 1.29 is 9.59 Å². The highest BCUT2D eigenvalue weighted by molar-refractivity contribution is 5.85. The molecule has 0 radical (unpaired) electrons. The van der Waals surface area contributed by atoms with Crippen LogP contribution in [0.3, 0.4) is 0 Å². The Labute approximate surface area is 160 Å². The van der Waals surface area contributed by atoms with Crippen molar-refractivity contribution in [1.82, 2.24) is 20.6 Å². The van der Waals surface area contributed by atoms with Crippen LogP contribution in [0.4, 0.5) is 5.69 Å². The fourth-order valence-electron chi connectivity index (χ4n) is 2.76. The number of benzene rings is 1. The van der Waals surface area contributed by atoms with Crippen molar-refractivity contribution in [2.45, 2.75) is 47.6 Å². The highest BCUT2D eigenvalue weighted by Crippen LogP contribution is 2.15. The van der Waals surface area contributed by atoms with Crippen molar-refractivity contribution in [2.24, 2.45) is 5.92 Å². The van der Waals surface area contributed by atoms with Crippen molar-refractivity contribution in [2.75, 3.05) is 11.9 Å². The van der Waals surface area contributed by atoms with Gasteiger partial charge in [0.05, 0.1) is 18.7 Å². The van der Waals surface area contributed by atoms with E-state index in [4.69, 9.17) is 0 Å². The number of aromatic nitrogens is 2. The van der Waals surface area contributed by atoms with E-state index in [1.165, 1.54) is 0 Å². The maximum atomic E-state index is 12.2. The van der Waals surface area contributed by atoms with E-state index in [2.05, 4.69) is 35.1 Å². The minimum atomic E-state index is -0.312. The Hall–Kier alpha value is -2.83. The third-order valence-electron chi connectivity index (χ3n) is 4.25. The van der Waals surface area contributed by atoms with Crippen molar-refractivity contribution in [1.29, 1.82) is 0 Å². The van der Waals surface area contributed by atoms with Gasteiger partial charge in [0.2, 0.25) is 5.91 Å². The molecule has 2 rings (SSSR count). The molecule has 0 saturated carbocycles. The number of nitrogens with one attached hydrogen (secondary N) is 3. The number of hydrogen-bond acceptors (Lipinski definition) is 4. The number of anilines is 1. The largest absolute Gasteiger partial charge is 0.376 e. The summed E-state index contributed by atoms with van der Waals surface area (Å²) in [5, 5.41) is 7.52. The molecule has 0 spiro atoms. The third-order valence-corrected chi connectivity index (χ3v) is 4.25. The predicted molar refractivity (Wildman–Crippen MR) is 106 cm³/mol. The van der Waals surface area contributed by atoms with Gasteiger partial charge in [0, 0.05) is 23.5 Å². The number of rotatable bonds is 7. The van der Waals surface area contributed by atoms with E-state index in [0.717, 1.165) is 34.7 Å². The van der Waals surface area contributed by atoms with Gasteiger partial charge in [-0.1, -0.05) is 31.5 Å². The zero-order valence-corrected chi connectivity index (χ0v) is 16.7. The predicted octanol–water partition coefficient (Wildman–Crippen LogP) is 2.27. The fourth-order valence-corrected chi connectivity index (χ4v) is 2.76. The van der Waals surface area contributed by atoms with Gasteiger partial charge in [-0.25, -0.2) is 0 Å². The third kappa shape index (κ3) is 6.13. The molecule has 0 fully saturated rings. The molecule has 2 amide bonds. The van der Waals surface area contributed by atoms with Gasteiger partial charge in [-0.05, 0) is 38.8 Å². The molecule has 1 aromatic heterocycles. The number of carbonyl (C=O) groups is 2. The molecule has 0 unspecified atom stereocenters. The first-order chi connectivity index (χ1) is 12.8. The quantitative estimate of drug-likeness (QED) is 0.652. The second-order valence-electron chi connectivity index (χ2n) is 7.22. The van der Waals surface area contributed by atoms with Crippen molar-refractivity contribution >= 4 is 17.5 Å². The van der Waals surface area contributed by atoms with Crippen LogP contribution in [0.25, 0.3) is 0 Å². The number of hydrazine groups is 1. The lowest BCUT2D eigenvalue weighted by molar-refractivity contribution is -0.127. The summed E-state index contributed by atoms with van der Waals surface area (Å²) in [7, 11) is 0. The van der Waals surface area contributed by atoms with Crippen LogP contribution in [0.5, 0.6) is 0 Å². The molecule has 7 heteroatoms. The van der Waals surface area contributed by atoms with Crippen LogP contribution in [-0.2, 0) is 22.6 Å². The molecule has 1 aromatic carbocycles. The van der Waals surface area contributed by atoms with E-state index in [9.17, 15) is 9.59 Å². The van der Waals surface area contributed by atoms with Crippen LogP contribution in [0.2, 0.25) is 0 Å². The summed E-state index contributed by atoms with van der Waals surface area (Å²) in [6.07, 6.45) is 0.182. The normalized spacial score (nSPS) is 10.7. The molecule has 0 saturated heterocycles. The van der Waals surface area contributed by atoms with Crippen LogP contribution < -0.4 is 16.2 Å². The van der Waals surface area contributed by atoms with Gasteiger partial charge < -0.3 is 5.32 Å². The lowest BCUT2D eigenvalue weighted by atomic mass is 10.1. The van der Waals surface area contributed by atoms with E-state index in [1.54, 1.807) is 0 Å². The summed E-state index contributed by atoms with van der Waals surface area (Å²) in [5.41, 5.74) is 9.64. The molecule has 0 aliphatic heterocycles. The van der Waals surface area contributed by atoms with Gasteiger partial charge >= 0.3 is 0 Å². The molecule has 3 N–H and O–H groups in total. The topological polar surface area (TPSA) is 88.1 Å². The van der Waals surface area contributed by atoms with Crippen LogP contribution in [-0.4, -0.2) is 28.1 Å². The van der Waals surface area contributed by atoms with E-state index < -0.39 is 0 Å². The summed E-state index contributed by atoms with van der Waals surface area (Å²) >= 11 is 0. The number of nitrogens with zero attached hydrogens (tertiary/aromatic N) is 2. The first kappa shape index (κ1) is 20.5. The number of aryl methyl sites for hydroxylation is 2. The van der Waals surface area contributed by atoms with Gasteiger partial charge in [0.15, 0.2) is 0 Å². The number of hydrogen-bond donors (Lipinski definition) is 3. The van der Waals surface area contributed by atoms with E-state index in [1.807, 2.05) is 49.7 Å². The van der Waals surface area contributed by atoms with Crippen LogP contribution in [0, 0.1) is 26.7 Å². The Morgan fingerprint density at radius 1 is 1.04 bits per heavy atom. The molecule has 2 aromatic rings. The smallest absolute Gasteiger partial charge is 0.257 e. The molecule has 146 valence electrons. The van der Waals surface area contributed by atoms with Crippen LogP contribution in [0.1, 0.15) is 36.4 Å². The first-order valence-electron chi connectivity index (χ1n) is 9.17. The number of carbonyl (C=O) groups excluding carboxylic acids is 2. The molecular weight excluding hydrogens is 342 g/mol. The van der Waals surface area contributed by atoms with E-state index in [0.29, 0.717) is 5.92 Å². The Morgan fingerprint density at radius 2 is 1.67 bits per heavy atom. The maximum Gasteiger partial charge on any atom is 0.257 e. The zero-order valence-electron chi connectivity index (χ0n) is 16.7. The van der Waals surface area contributed by atoms with Gasteiger partial charge in [-0.3, -0.25) is 25.1 Å². The SMILES string of the molecule is Cc1ccc(NCC(=O)NNC(=O)Cc2c(C)nn(CC(C)C)c2C)cc1. The van der Waals surface area contributed by atoms with E-state index >= 15 is 0 Å². The monoisotopic (exact) mass is 371 g/mol. The Bertz CT molecular complexity index is 793. The second-order valence-corrected chi connectivity index (χ2v) is 7.22. The Balaban J connectivity index is 1.81. The van der Waals surface area contributed by atoms with Gasteiger partial charge in [-0.15, -0.1) is 0 Å². The standard InChI is InChI=1S/C20H29N5O2/c1-13(2)12-25-16(5)18(15(4)24-25)10-19(26)22-23-20(27)11-21-17-8-6-14(3)7-9-17/h6-9,13,21H,10-12H2,1-5H3,(H,22,26)(H,23,27). The highest BCUT2D eigenvalue weighted by atomic mass is 16.2. The van der Waals surface area contributed by atoms with Gasteiger partial charge in [0.1, 0.15) is 0 Å². The molecule has 0 aliphatic rings. The minimum absolute atomic E-state index is 0.0771. The average Bonchev–Trinajstić information content (AvgIpc) is 2.86. The fraction of sp³-hybridized carbons (Fsp3) is 0.450. The Kier molecular flexibility index (Phi) is 6.98. The van der Waals surface area contributed by atoms with Crippen LogP contribution >= 0.6 is 0 Å². The molecule has 27 heavy (non-hydrogen) atoms. The summed E-state index contributed by atoms with van der Waals surface area (Å²) in [6, 6.07) is 7.74. The second kappa shape index (κ2) is 9.21. The van der Waals surface area contributed by atoms with Crippen molar-refractivity contribution in [3.63, 3.8) is 0 Å². The summed E-state index contributed by atoms with van der Waals surface area (Å²) < 4.78 is 1.94. The highest BCUT2D eigenvalue weighted by Gasteiger charge is 2.16. The minimum Gasteiger partial charge on any atom is -0.376 e. The molecule has 1 heterocycles. The lowest BCUT2D eigenvalue weighted by Crippen LogP contribution is -2.44. The molecule has 7 nitrogen and oxygen atoms in total. The number of amides is 2. The summed E-state index contributed by atoms with van der Waals surface area (Å²) in [6.45, 7) is 11.0. The summed E-state index contributed by atoms with van der Waals surface area (Å²) in [5.74, 6) is -0.105. The van der Waals surface area contributed by atoms with Crippen molar-refractivity contribution in [3.05, 3.63) is 46.8 Å². The molecule has 0 atom stereocenters. The van der Waals surface area contributed by atoms with E-state index in [-0.39, 0.29) is 24.8 Å².